The van der Waals surface area contributed by atoms with Crippen LogP contribution in [0.2, 0.25) is 10.0 Å². The van der Waals surface area contributed by atoms with Crippen LogP contribution in [0.4, 0.5) is 4.79 Å². The van der Waals surface area contributed by atoms with Gasteiger partial charge in [0.2, 0.25) is 0 Å². The smallest absolute Gasteiger partial charge is 0.325 e. The summed E-state index contributed by atoms with van der Waals surface area (Å²) in [5.41, 5.74) is 1.04. The van der Waals surface area contributed by atoms with E-state index in [0.29, 0.717) is 22.2 Å². The molecule has 0 unspecified atom stereocenters. The van der Waals surface area contributed by atoms with E-state index in [1.165, 1.54) is 4.90 Å². The summed E-state index contributed by atoms with van der Waals surface area (Å²) in [5, 5.41) is 3.66. The number of carbonyl (C=O) groups is 2. The van der Waals surface area contributed by atoms with Crippen molar-refractivity contribution in [2.75, 3.05) is 13.2 Å². The Labute approximate surface area is 160 Å². The van der Waals surface area contributed by atoms with Gasteiger partial charge in [-0.15, -0.1) is 0 Å². The second-order valence-electron chi connectivity index (χ2n) is 6.35. The van der Waals surface area contributed by atoms with Gasteiger partial charge in [0.05, 0.1) is 16.6 Å². The van der Waals surface area contributed by atoms with E-state index in [1.807, 2.05) is 24.3 Å². The lowest BCUT2D eigenvalue weighted by Gasteiger charge is -2.22. The number of benzene rings is 2. The lowest BCUT2D eigenvalue weighted by molar-refractivity contribution is -0.131. The predicted octanol–water partition coefficient (Wildman–Crippen LogP) is 3.77. The number of urea groups is 1. The average Bonchev–Trinajstić information content (AvgIpc) is 3.11. The molecule has 1 heterocycles. The quantitative estimate of drug-likeness (QED) is 0.808. The van der Waals surface area contributed by atoms with Gasteiger partial charge in [0.15, 0.2) is 5.75 Å². The molecular weight excluding hydrogens is 375 g/mol. The maximum atomic E-state index is 13.0. The number of halogens is 2. The fourth-order valence-electron chi connectivity index (χ4n) is 3.65. The average molecular weight is 391 g/mol. The number of hydrogen-bond donors (Lipinski definition) is 1. The molecule has 1 N–H and O–H groups in total. The van der Waals surface area contributed by atoms with Gasteiger partial charge >= 0.3 is 6.03 Å². The van der Waals surface area contributed by atoms with Crippen LogP contribution in [0.1, 0.15) is 17.5 Å². The summed E-state index contributed by atoms with van der Waals surface area (Å²) in [4.78, 5) is 26.6. The standard InChI is InChI=1S/C19H16Cl2N2O3/c20-14-6-3-7-15(21)16(14)26-11-10-23-17(24)19(22-18(23)25)9-8-12-4-1-2-5-13(12)19/h1-7H,8-11H2,(H,22,25)/t19-/m0/s1. The van der Waals surface area contributed by atoms with Crippen molar-refractivity contribution >= 4 is 35.1 Å². The molecule has 0 aromatic heterocycles. The molecule has 3 amide bonds. The van der Waals surface area contributed by atoms with E-state index in [-0.39, 0.29) is 19.1 Å². The third-order valence-electron chi connectivity index (χ3n) is 4.90. The highest BCUT2D eigenvalue weighted by molar-refractivity contribution is 6.37. The van der Waals surface area contributed by atoms with E-state index in [0.717, 1.165) is 17.5 Å². The van der Waals surface area contributed by atoms with Crippen molar-refractivity contribution in [1.29, 1.82) is 0 Å². The monoisotopic (exact) mass is 390 g/mol. The highest BCUT2D eigenvalue weighted by Crippen LogP contribution is 2.41. The lowest BCUT2D eigenvalue weighted by atomic mass is 9.92. The summed E-state index contributed by atoms with van der Waals surface area (Å²) in [7, 11) is 0. The van der Waals surface area contributed by atoms with Crippen molar-refractivity contribution < 1.29 is 14.3 Å². The first-order valence-electron chi connectivity index (χ1n) is 8.32. The van der Waals surface area contributed by atoms with Crippen molar-refractivity contribution in [3.8, 4) is 5.75 Å². The second-order valence-corrected chi connectivity index (χ2v) is 7.16. The minimum Gasteiger partial charge on any atom is -0.489 e. The molecule has 2 aromatic carbocycles. The van der Waals surface area contributed by atoms with E-state index in [1.54, 1.807) is 18.2 Å². The Hall–Kier alpha value is -2.24. The fourth-order valence-corrected chi connectivity index (χ4v) is 4.16. The number of rotatable bonds is 4. The van der Waals surface area contributed by atoms with Crippen molar-refractivity contribution in [2.45, 2.75) is 18.4 Å². The molecule has 1 fully saturated rings. The summed E-state index contributed by atoms with van der Waals surface area (Å²) < 4.78 is 5.61. The third kappa shape index (κ3) is 2.63. The summed E-state index contributed by atoms with van der Waals surface area (Å²) in [5.74, 6) is 0.116. The number of ether oxygens (including phenoxy) is 1. The molecule has 2 aliphatic rings. The zero-order chi connectivity index (χ0) is 18.3. The number of nitrogens with zero attached hydrogens (tertiary/aromatic N) is 1. The Morgan fingerprint density at radius 1 is 1.08 bits per heavy atom. The van der Waals surface area contributed by atoms with Gasteiger partial charge in [-0.3, -0.25) is 9.69 Å². The van der Waals surface area contributed by atoms with Crippen LogP contribution in [0.3, 0.4) is 0 Å². The Morgan fingerprint density at radius 2 is 1.81 bits per heavy atom. The number of para-hydroxylation sites is 1. The van der Waals surface area contributed by atoms with Gasteiger partial charge in [0.25, 0.3) is 5.91 Å². The third-order valence-corrected chi connectivity index (χ3v) is 5.50. The minimum atomic E-state index is -0.949. The Bertz CT molecular complexity index is 882. The largest absolute Gasteiger partial charge is 0.489 e. The van der Waals surface area contributed by atoms with Crippen LogP contribution in [0.15, 0.2) is 42.5 Å². The number of imide groups is 1. The van der Waals surface area contributed by atoms with Crippen LogP contribution >= 0.6 is 23.2 Å². The van der Waals surface area contributed by atoms with E-state index < -0.39 is 11.6 Å². The maximum Gasteiger partial charge on any atom is 0.325 e. The maximum absolute atomic E-state index is 13.0. The van der Waals surface area contributed by atoms with Crippen molar-refractivity contribution in [1.82, 2.24) is 10.2 Å². The molecule has 0 bridgehead atoms. The molecule has 1 atom stereocenters. The van der Waals surface area contributed by atoms with Gasteiger partial charge in [-0.1, -0.05) is 53.5 Å². The van der Waals surface area contributed by atoms with Gasteiger partial charge in [-0.25, -0.2) is 4.79 Å². The molecule has 7 heteroatoms. The topological polar surface area (TPSA) is 58.6 Å². The van der Waals surface area contributed by atoms with Gasteiger partial charge in [-0.05, 0) is 36.1 Å². The van der Waals surface area contributed by atoms with Crippen LogP contribution in [-0.2, 0) is 16.8 Å². The molecule has 1 saturated heterocycles. The van der Waals surface area contributed by atoms with Gasteiger partial charge in [0.1, 0.15) is 12.1 Å². The van der Waals surface area contributed by atoms with Gasteiger partial charge < -0.3 is 10.1 Å². The molecule has 0 radical (unpaired) electrons. The van der Waals surface area contributed by atoms with E-state index in [9.17, 15) is 9.59 Å². The van der Waals surface area contributed by atoms with Crippen LogP contribution in [0.5, 0.6) is 5.75 Å². The van der Waals surface area contributed by atoms with E-state index >= 15 is 0 Å². The first kappa shape index (κ1) is 17.2. The minimum absolute atomic E-state index is 0.111. The van der Waals surface area contributed by atoms with Crippen LogP contribution in [-0.4, -0.2) is 30.0 Å². The highest BCUT2D eigenvalue weighted by Gasteiger charge is 2.55. The van der Waals surface area contributed by atoms with Crippen molar-refractivity contribution in [3.05, 3.63) is 63.6 Å². The van der Waals surface area contributed by atoms with Gasteiger partial charge in [-0.2, -0.15) is 0 Å². The molecule has 26 heavy (non-hydrogen) atoms. The normalized spacial score (nSPS) is 21.2. The van der Waals surface area contributed by atoms with Crippen molar-refractivity contribution in [2.24, 2.45) is 0 Å². The molecule has 1 spiro atoms. The number of aryl methyl sites for hydroxylation is 1. The van der Waals surface area contributed by atoms with E-state index in [2.05, 4.69) is 5.32 Å². The molecule has 4 rings (SSSR count). The number of fused-ring (bicyclic) bond motifs is 2. The summed E-state index contributed by atoms with van der Waals surface area (Å²) in [6.45, 7) is 0.233. The number of nitrogens with one attached hydrogen (secondary N) is 1. The SMILES string of the molecule is O=C1N[C@]2(CCc3ccccc32)C(=O)N1CCOc1c(Cl)cccc1Cl. The van der Waals surface area contributed by atoms with Crippen LogP contribution < -0.4 is 10.1 Å². The van der Waals surface area contributed by atoms with Crippen molar-refractivity contribution in [3.63, 3.8) is 0 Å². The molecule has 2 aromatic rings. The fraction of sp³-hybridized carbons (Fsp3) is 0.263. The molecule has 1 aliphatic heterocycles. The Morgan fingerprint density at radius 3 is 2.58 bits per heavy atom. The second kappa shape index (κ2) is 6.49. The zero-order valence-electron chi connectivity index (χ0n) is 13.8. The number of carbonyl (C=O) groups excluding carboxylic acids is 2. The molecule has 1 aliphatic carbocycles. The Kier molecular flexibility index (Phi) is 4.29. The highest BCUT2D eigenvalue weighted by atomic mass is 35.5. The lowest BCUT2D eigenvalue weighted by Crippen LogP contribution is -2.42. The first-order chi connectivity index (χ1) is 12.5. The molecule has 0 saturated carbocycles. The summed E-state index contributed by atoms with van der Waals surface area (Å²) >= 11 is 12.1. The predicted molar refractivity (Wildman–Crippen MR) is 98.6 cm³/mol. The summed E-state index contributed by atoms with van der Waals surface area (Å²) in [6.07, 6.45) is 1.34. The zero-order valence-corrected chi connectivity index (χ0v) is 15.3. The molecule has 5 nitrogen and oxygen atoms in total. The number of amides is 3. The number of hydrogen-bond acceptors (Lipinski definition) is 3. The van der Waals surface area contributed by atoms with Crippen LogP contribution in [0.25, 0.3) is 0 Å². The Balaban J connectivity index is 1.49. The first-order valence-corrected chi connectivity index (χ1v) is 9.08. The molecular formula is C19H16Cl2N2O3. The van der Waals surface area contributed by atoms with E-state index in [4.69, 9.17) is 27.9 Å². The molecule has 134 valence electrons. The van der Waals surface area contributed by atoms with Crippen LogP contribution in [0, 0.1) is 0 Å². The summed E-state index contributed by atoms with van der Waals surface area (Å²) in [6, 6.07) is 12.4. The van der Waals surface area contributed by atoms with Gasteiger partial charge in [0, 0.05) is 0 Å².